The van der Waals surface area contributed by atoms with Gasteiger partial charge in [0.15, 0.2) is 0 Å². The smallest absolute Gasteiger partial charge is 0.226 e. The summed E-state index contributed by atoms with van der Waals surface area (Å²) >= 11 is 0. The fraction of sp³-hybridized carbons (Fsp3) is 0.333. The van der Waals surface area contributed by atoms with Crippen LogP contribution in [-0.4, -0.2) is 55.2 Å². The second kappa shape index (κ2) is 11.6. The largest absolute Gasteiger partial charge is 0.492 e. The molecule has 0 unspecified atom stereocenters. The van der Waals surface area contributed by atoms with Gasteiger partial charge in [-0.25, -0.2) is 0 Å². The van der Waals surface area contributed by atoms with Gasteiger partial charge in [0.25, 0.3) is 0 Å². The van der Waals surface area contributed by atoms with Crippen molar-refractivity contribution in [2.75, 3.05) is 39.5 Å². The van der Waals surface area contributed by atoms with Crippen LogP contribution in [0, 0.1) is 6.92 Å². The Morgan fingerprint density at radius 2 is 1.85 bits per heavy atom. The number of aryl methyl sites for hydroxylation is 1. The van der Waals surface area contributed by atoms with E-state index < -0.39 is 0 Å². The Bertz CT molecular complexity index is 1030. The van der Waals surface area contributed by atoms with Crippen LogP contribution in [0.5, 0.6) is 5.75 Å². The normalized spacial score (nSPS) is 14.1. The standard InChI is InChI=1S/C27H31N3O3/c1-21-3-2-4-22(17-21)19-29-27(31)18-25-8-5-24(20-28-25)23-6-9-26(10-7-23)33-16-13-30-11-14-32-15-12-30/h2-10,17,20H,11-16,18-19H2,1H3,(H,29,31). The van der Waals surface area contributed by atoms with Crippen molar-refractivity contribution in [2.24, 2.45) is 0 Å². The van der Waals surface area contributed by atoms with Crippen molar-refractivity contribution in [1.29, 1.82) is 0 Å². The average Bonchev–Trinajstić information content (AvgIpc) is 2.85. The Balaban J connectivity index is 1.23. The van der Waals surface area contributed by atoms with Gasteiger partial charge < -0.3 is 14.8 Å². The molecule has 1 amide bonds. The van der Waals surface area contributed by atoms with E-state index in [0.29, 0.717) is 13.2 Å². The van der Waals surface area contributed by atoms with Crippen molar-refractivity contribution >= 4 is 5.91 Å². The zero-order valence-corrected chi connectivity index (χ0v) is 19.1. The number of carbonyl (C=O) groups excluding carboxylic acids is 1. The molecule has 1 N–H and O–H groups in total. The first kappa shape index (κ1) is 23.0. The van der Waals surface area contributed by atoms with Crippen LogP contribution in [0.1, 0.15) is 16.8 Å². The van der Waals surface area contributed by atoms with Gasteiger partial charge in [-0.1, -0.05) is 48.0 Å². The van der Waals surface area contributed by atoms with Crippen LogP contribution in [0.25, 0.3) is 11.1 Å². The van der Waals surface area contributed by atoms with Gasteiger partial charge in [0.2, 0.25) is 5.91 Å². The lowest BCUT2D eigenvalue weighted by molar-refractivity contribution is -0.120. The van der Waals surface area contributed by atoms with Gasteiger partial charge >= 0.3 is 0 Å². The highest BCUT2D eigenvalue weighted by molar-refractivity contribution is 5.78. The summed E-state index contributed by atoms with van der Waals surface area (Å²) in [5.74, 6) is 0.831. The number of amides is 1. The Labute approximate surface area is 195 Å². The van der Waals surface area contributed by atoms with Crippen molar-refractivity contribution in [3.8, 4) is 16.9 Å². The number of aromatic nitrogens is 1. The van der Waals surface area contributed by atoms with Crippen molar-refractivity contribution in [1.82, 2.24) is 15.2 Å². The number of hydrogen-bond donors (Lipinski definition) is 1. The van der Waals surface area contributed by atoms with E-state index in [0.717, 1.165) is 61.0 Å². The molecule has 0 saturated carbocycles. The average molecular weight is 446 g/mol. The Morgan fingerprint density at radius 3 is 2.58 bits per heavy atom. The number of rotatable bonds is 9. The Morgan fingerprint density at radius 1 is 1.06 bits per heavy atom. The molecule has 0 atom stereocenters. The Kier molecular flexibility index (Phi) is 8.06. The second-order valence-corrected chi connectivity index (χ2v) is 8.31. The van der Waals surface area contributed by atoms with Crippen LogP contribution in [-0.2, 0) is 22.5 Å². The number of morpholine rings is 1. The fourth-order valence-corrected chi connectivity index (χ4v) is 3.81. The number of nitrogens with zero attached hydrogens (tertiary/aromatic N) is 2. The van der Waals surface area contributed by atoms with E-state index in [2.05, 4.69) is 21.3 Å². The summed E-state index contributed by atoms with van der Waals surface area (Å²) in [5, 5.41) is 2.96. The lowest BCUT2D eigenvalue weighted by Crippen LogP contribution is -2.38. The molecule has 0 spiro atoms. The van der Waals surface area contributed by atoms with Gasteiger partial charge in [0, 0.05) is 43.6 Å². The highest BCUT2D eigenvalue weighted by Crippen LogP contribution is 2.22. The maximum atomic E-state index is 12.3. The molecular weight excluding hydrogens is 414 g/mol. The minimum Gasteiger partial charge on any atom is -0.492 e. The van der Waals surface area contributed by atoms with E-state index in [1.807, 2.05) is 67.7 Å². The van der Waals surface area contributed by atoms with Crippen molar-refractivity contribution in [3.05, 3.63) is 83.7 Å². The summed E-state index contributed by atoms with van der Waals surface area (Å²) in [6, 6.07) is 20.1. The quantitative estimate of drug-likeness (QED) is 0.545. The topological polar surface area (TPSA) is 63.7 Å². The van der Waals surface area contributed by atoms with Crippen molar-refractivity contribution in [3.63, 3.8) is 0 Å². The molecule has 2 aromatic carbocycles. The number of ether oxygens (including phenoxy) is 2. The maximum Gasteiger partial charge on any atom is 0.226 e. The summed E-state index contributed by atoms with van der Waals surface area (Å²) < 4.78 is 11.3. The van der Waals surface area contributed by atoms with Crippen LogP contribution >= 0.6 is 0 Å². The molecule has 6 nitrogen and oxygen atoms in total. The van der Waals surface area contributed by atoms with Crippen LogP contribution < -0.4 is 10.1 Å². The highest BCUT2D eigenvalue weighted by atomic mass is 16.5. The Hall–Kier alpha value is -3.22. The number of hydrogen-bond acceptors (Lipinski definition) is 5. The van der Waals surface area contributed by atoms with E-state index in [1.54, 1.807) is 0 Å². The molecule has 1 aliphatic heterocycles. The number of benzene rings is 2. The maximum absolute atomic E-state index is 12.3. The predicted molar refractivity (Wildman–Crippen MR) is 129 cm³/mol. The second-order valence-electron chi connectivity index (χ2n) is 8.31. The van der Waals surface area contributed by atoms with Crippen LogP contribution in [0.15, 0.2) is 66.9 Å². The summed E-state index contributed by atoms with van der Waals surface area (Å²) in [7, 11) is 0. The van der Waals surface area contributed by atoms with Gasteiger partial charge in [-0.15, -0.1) is 0 Å². The molecule has 1 saturated heterocycles. The first-order chi connectivity index (χ1) is 16.2. The molecule has 1 fully saturated rings. The van der Waals surface area contributed by atoms with Gasteiger partial charge in [-0.2, -0.15) is 0 Å². The summed E-state index contributed by atoms with van der Waals surface area (Å²) in [5.41, 5.74) is 5.12. The predicted octanol–water partition coefficient (Wildman–Crippen LogP) is 3.63. The first-order valence-corrected chi connectivity index (χ1v) is 11.5. The molecule has 0 bridgehead atoms. The molecule has 6 heteroatoms. The molecule has 0 radical (unpaired) electrons. The van der Waals surface area contributed by atoms with Gasteiger partial charge in [0.05, 0.1) is 19.6 Å². The van der Waals surface area contributed by atoms with E-state index in [4.69, 9.17) is 9.47 Å². The molecule has 3 aromatic rings. The van der Waals surface area contributed by atoms with Crippen molar-refractivity contribution < 1.29 is 14.3 Å². The third kappa shape index (κ3) is 7.14. The molecule has 1 aliphatic rings. The number of carbonyl (C=O) groups is 1. The minimum atomic E-state index is -0.0321. The van der Waals surface area contributed by atoms with Gasteiger partial charge in [-0.3, -0.25) is 14.7 Å². The molecular formula is C27H31N3O3. The summed E-state index contributed by atoms with van der Waals surface area (Å²) in [6.45, 7) is 7.71. The minimum absolute atomic E-state index is 0.0321. The molecule has 33 heavy (non-hydrogen) atoms. The zero-order valence-electron chi connectivity index (χ0n) is 19.1. The highest BCUT2D eigenvalue weighted by Gasteiger charge is 2.10. The lowest BCUT2D eigenvalue weighted by atomic mass is 10.1. The molecule has 172 valence electrons. The van der Waals surface area contributed by atoms with Crippen LogP contribution in [0.3, 0.4) is 0 Å². The third-order valence-corrected chi connectivity index (χ3v) is 5.71. The molecule has 4 rings (SSSR count). The monoisotopic (exact) mass is 445 g/mol. The van der Waals surface area contributed by atoms with Gasteiger partial charge in [0.1, 0.15) is 12.4 Å². The summed E-state index contributed by atoms with van der Waals surface area (Å²) in [6.07, 6.45) is 2.08. The molecule has 1 aromatic heterocycles. The molecule has 0 aliphatic carbocycles. The van der Waals surface area contributed by atoms with E-state index in [9.17, 15) is 4.79 Å². The third-order valence-electron chi connectivity index (χ3n) is 5.71. The lowest BCUT2D eigenvalue weighted by Gasteiger charge is -2.26. The van der Waals surface area contributed by atoms with E-state index >= 15 is 0 Å². The molecule has 2 heterocycles. The van der Waals surface area contributed by atoms with Crippen LogP contribution in [0.2, 0.25) is 0 Å². The first-order valence-electron chi connectivity index (χ1n) is 11.5. The van der Waals surface area contributed by atoms with Crippen LogP contribution in [0.4, 0.5) is 0 Å². The van der Waals surface area contributed by atoms with Gasteiger partial charge in [-0.05, 0) is 36.2 Å². The fourth-order valence-electron chi connectivity index (χ4n) is 3.81. The van der Waals surface area contributed by atoms with E-state index in [1.165, 1.54) is 5.56 Å². The summed E-state index contributed by atoms with van der Waals surface area (Å²) in [4.78, 5) is 19.1. The zero-order chi connectivity index (χ0) is 22.9. The number of nitrogens with one attached hydrogen (secondary N) is 1. The SMILES string of the molecule is Cc1cccc(CNC(=O)Cc2ccc(-c3ccc(OCCN4CCOCC4)cc3)cn2)c1. The number of pyridine rings is 1. The van der Waals surface area contributed by atoms with E-state index in [-0.39, 0.29) is 12.3 Å². The van der Waals surface area contributed by atoms with Crippen molar-refractivity contribution in [2.45, 2.75) is 19.9 Å².